The summed E-state index contributed by atoms with van der Waals surface area (Å²) < 4.78 is 2.05. The monoisotopic (exact) mass is 358 g/mol. The molecule has 3 rings (SSSR count). The second-order valence-corrected chi connectivity index (χ2v) is 6.88. The Kier molecular flexibility index (Phi) is 5.70. The molecule has 1 amide bonds. The van der Waals surface area contributed by atoms with Gasteiger partial charge in [-0.1, -0.05) is 19.1 Å². The summed E-state index contributed by atoms with van der Waals surface area (Å²) in [4.78, 5) is 17.3. The predicted molar refractivity (Wildman–Crippen MR) is 98.6 cm³/mol. The van der Waals surface area contributed by atoms with E-state index in [-0.39, 0.29) is 11.9 Å². The van der Waals surface area contributed by atoms with Crippen molar-refractivity contribution in [2.24, 2.45) is 0 Å². The highest BCUT2D eigenvalue weighted by atomic mass is 32.2. The number of nitrogens with zero attached hydrogens (tertiary/aromatic N) is 4. The number of para-hydroxylation sites is 2. The third kappa shape index (κ3) is 4.01. The van der Waals surface area contributed by atoms with E-state index in [2.05, 4.69) is 32.2 Å². The number of carbonyl (C=O) groups excluding carboxylic acids is 1. The van der Waals surface area contributed by atoms with Gasteiger partial charge in [0.25, 0.3) is 0 Å². The Hall–Kier alpha value is -2.35. The first-order chi connectivity index (χ1) is 12.2. The van der Waals surface area contributed by atoms with Crippen LogP contribution in [0.3, 0.4) is 0 Å². The smallest absolute Gasteiger partial charge is 0.242 e. The van der Waals surface area contributed by atoms with Crippen LogP contribution >= 0.6 is 11.8 Å². The molecule has 8 heteroatoms. The maximum atomic E-state index is 12.6. The van der Waals surface area contributed by atoms with Crippen LogP contribution in [0.15, 0.2) is 35.5 Å². The lowest BCUT2D eigenvalue weighted by Gasteiger charge is -2.17. The first kappa shape index (κ1) is 17.5. The fourth-order valence-corrected chi connectivity index (χ4v) is 3.43. The maximum absolute atomic E-state index is 12.6. The number of aryl methyl sites for hydroxylation is 1. The van der Waals surface area contributed by atoms with Gasteiger partial charge in [-0.15, -0.1) is 16.9 Å². The molecule has 7 nitrogen and oxygen atoms in total. The molecule has 2 heterocycles. The number of benzene rings is 1. The van der Waals surface area contributed by atoms with E-state index in [0.29, 0.717) is 6.54 Å². The molecule has 0 fully saturated rings. The number of hydrogen-bond acceptors (Lipinski definition) is 5. The van der Waals surface area contributed by atoms with Gasteiger partial charge in [0.05, 0.1) is 17.2 Å². The van der Waals surface area contributed by atoms with Crippen molar-refractivity contribution in [1.82, 2.24) is 30.3 Å². The molecule has 1 atom stereocenters. The van der Waals surface area contributed by atoms with Crippen LogP contribution in [0, 0.1) is 0 Å². The van der Waals surface area contributed by atoms with Crippen LogP contribution in [-0.2, 0) is 11.2 Å². The standard InChI is InChI=1S/C17H22N6OS/c1-3-6-15-20-13-7-4-5-8-14(13)23(15)12(2)17(24)18-9-10-25-16-11-19-22-21-16/h4-5,7-8,11-12H,3,6,9-10H2,1-2H3,(H,18,24)(H,19,21,22)/t12-/m0/s1. The minimum absolute atomic E-state index is 0.00117. The summed E-state index contributed by atoms with van der Waals surface area (Å²) in [6, 6.07) is 7.66. The van der Waals surface area contributed by atoms with E-state index in [4.69, 9.17) is 4.98 Å². The maximum Gasteiger partial charge on any atom is 0.242 e. The highest BCUT2D eigenvalue weighted by molar-refractivity contribution is 7.99. The molecule has 0 radical (unpaired) electrons. The average Bonchev–Trinajstić information content (AvgIpc) is 3.25. The minimum Gasteiger partial charge on any atom is -0.353 e. The van der Waals surface area contributed by atoms with Crippen molar-refractivity contribution in [2.45, 2.75) is 37.8 Å². The van der Waals surface area contributed by atoms with Gasteiger partial charge in [-0.05, 0) is 25.5 Å². The second-order valence-electron chi connectivity index (χ2n) is 5.76. The van der Waals surface area contributed by atoms with Crippen LogP contribution in [0.5, 0.6) is 0 Å². The van der Waals surface area contributed by atoms with Crippen LogP contribution in [0.2, 0.25) is 0 Å². The van der Waals surface area contributed by atoms with Gasteiger partial charge >= 0.3 is 0 Å². The summed E-state index contributed by atoms with van der Waals surface area (Å²) in [7, 11) is 0. The van der Waals surface area contributed by atoms with Gasteiger partial charge in [-0.25, -0.2) is 4.98 Å². The van der Waals surface area contributed by atoms with Crippen LogP contribution in [0.25, 0.3) is 11.0 Å². The highest BCUT2D eigenvalue weighted by Crippen LogP contribution is 2.22. The number of fused-ring (bicyclic) bond motifs is 1. The molecule has 0 aliphatic carbocycles. The Bertz CT molecular complexity index is 829. The zero-order chi connectivity index (χ0) is 17.6. The van der Waals surface area contributed by atoms with Crippen molar-refractivity contribution in [3.05, 3.63) is 36.3 Å². The number of imidazole rings is 1. The Morgan fingerprint density at radius 3 is 3.00 bits per heavy atom. The molecular formula is C17H22N6OS. The van der Waals surface area contributed by atoms with E-state index in [1.54, 1.807) is 18.0 Å². The van der Waals surface area contributed by atoms with Gasteiger partial charge in [0.2, 0.25) is 5.91 Å². The normalized spacial score (nSPS) is 12.4. The summed E-state index contributed by atoms with van der Waals surface area (Å²) in [5, 5.41) is 14.1. The number of aromatic amines is 1. The molecule has 25 heavy (non-hydrogen) atoms. The molecule has 0 saturated heterocycles. The summed E-state index contributed by atoms with van der Waals surface area (Å²) in [6.45, 7) is 4.62. The fourth-order valence-electron chi connectivity index (χ4n) is 2.78. The predicted octanol–water partition coefficient (Wildman–Crippen LogP) is 2.58. The second kappa shape index (κ2) is 8.15. The van der Waals surface area contributed by atoms with E-state index in [9.17, 15) is 4.79 Å². The zero-order valence-corrected chi connectivity index (χ0v) is 15.2. The van der Waals surface area contributed by atoms with Crippen molar-refractivity contribution in [3.63, 3.8) is 0 Å². The Morgan fingerprint density at radius 2 is 2.24 bits per heavy atom. The number of aromatic nitrogens is 5. The molecule has 2 aromatic heterocycles. The van der Waals surface area contributed by atoms with Crippen LogP contribution < -0.4 is 5.32 Å². The molecule has 0 unspecified atom stereocenters. The van der Waals surface area contributed by atoms with Crippen LogP contribution in [-0.4, -0.2) is 43.2 Å². The molecule has 0 bridgehead atoms. The van der Waals surface area contributed by atoms with E-state index >= 15 is 0 Å². The number of amides is 1. The summed E-state index contributed by atoms with van der Waals surface area (Å²) in [6.07, 6.45) is 3.52. The van der Waals surface area contributed by atoms with Gasteiger partial charge in [0, 0.05) is 18.7 Å². The molecule has 132 valence electrons. The number of H-pyrrole nitrogens is 1. The van der Waals surface area contributed by atoms with Crippen LogP contribution in [0.1, 0.15) is 32.1 Å². The molecular weight excluding hydrogens is 336 g/mol. The fraction of sp³-hybridized carbons (Fsp3) is 0.412. The molecule has 0 spiro atoms. The molecule has 0 aliphatic rings. The van der Waals surface area contributed by atoms with Crippen LogP contribution in [0.4, 0.5) is 0 Å². The zero-order valence-electron chi connectivity index (χ0n) is 14.4. The van der Waals surface area contributed by atoms with Gasteiger partial charge < -0.3 is 9.88 Å². The molecule has 0 aliphatic heterocycles. The number of hydrogen-bond donors (Lipinski definition) is 2. The van der Waals surface area contributed by atoms with Crippen molar-refractivity contribution in [3.8, 4) is 0 Å². The third-order valence-corrected chi connectivity index (χ3v) is 4.85. The summed E-state index contributed by atoms with van der Waals surface area (Å²) in [5.74, 6) is 1.71. The van der Waals surface area contributed by atoms with Crippen molar-refractivity contribution in [2.75, 3.05) is 12.3 Å². The van der Waals surface area contributed by atoms with Crippen molar-refractivity contribution >= 4 is 28.7 Å². The van der Waals surface area contributed by atoms with E-state index in [1.165, 1.54) is 0 Å². The van der Waals surface area contributed by atoms with Crippen molar-refractivity contribution in [1.29, 1.82) is 0 Å². The minimum atomic E-state index is -0.300. The number of rotatable bonds is 8. The Morgan fingerprint density at radius 1 is 1.40 bits per heavy atom. The Labute approximate surface area is 150 Å². The van der Waals surface area contributed by atoms with Crippen molar-refractivity contribution < 1.29 is 4.79 Å². The molecule has 0 saturated carbocycles. The highest BCUT2D eigenvalue weighted by Gasteiger charge is 2.20. The molecule has 1 aromatic carbocycles. The van der Waals surface area contributed by atoms with E-state index in [0.717, 1.165) is 40.5 Å². The lowest BCUT2D eigenvalue weighted by molar-refractivity contribution is -0.123. The molecule has 3 aromatic rings. The summed E-state index contributed by atoms with van der Waals surface area (Å²) in [5.41, 5.74) is 1.94. The van der Waals surface area contributed by atoms with Gasteiger partial charge in [-0.3, -0.25) is 4.79 Å². The largest absolute Gasteiger partial charge is 0.353 e. The SMILES string of the molecule is CCCc1nc2ccccc2n1[C@@H](C)C(=O)NCCSc1cn[nH]n1. The van der Waals surface area contributed by atoms with Gasteiger partial charge in [0.1, 0.15) is 16.9 Å². The van der Waals surface area contributed by atoms with Gasteiger partial charge in [-0.2, -0.15) is 10.3 Å². The lowest BCUT2D eigenvalue weighted by atomic mass is 10.2. The van der Waals surface area contributed by atoms with E-state index < -0.39 is 0 Å². The number of carbonyl (C=O) groups is 1. The number of nitrogens with one attached hydrogen (secondary N) is 2. The quantitative estimate of drug-likeness (QED) is 0.477. The Balaban J connectivity index is 1.66. The molecule has 2 N–H and O–H groups in total. The first-order valence-corrected chi connectivity index (χ1v) is 9.41. The van der Waals surface area contributed by atoms with E-state index in [1.807, 2.05) is 31.2 Å². The topological polar surface area (TPSA) is 88.5 Å². The van der Waals surface area contributed by atoms with Gasteiger partial charge in [0.15, 0.2) is 0 Å². The summed E-state index contributed by atoms with van der Waals surface area (Å²) >= 11 is 1.55. The third-order valence-electron chi connectivity index (χ3n) is 3.95. The number of thioether (sulfide) groups is 1. The first-order valence-electron chi connectivity index (χ1n) is 8.42. The lowest BCUT2D eigenvalue weighted by Crippen LogP contribution is -2.33. The average molecular weight is 358 g/mol.